The summed E-state index contributed by atoms with van der Waals surface area (Å²) in [5.74, 6) is 1.28. The molecule has 3 N–H and O–H groups in total. The topological polar surface area (TPSA) is 77.5 Å². The van der Waals surface area contributed by atoms with E-state index in [4.69, 9.17) is 14.9 Å². The number of nitrogens with two attached hydrogens (primary N) is 1. The number of fused-ring (bicyclic) bond motifs is 1. The molecule has 98 valence electrons. The average molecular weight is 276 g/mol. The van der Waals surface area contributed by atoms with Crippen LogP contribution < -0.4 is 15.8 Å². The Balaban J connectivity index is 1.96. The molecule has 0 fully saturated rings. The van der Waals surface area contributed by atoms with E-state index in [0.29, 0.717) is 17.1 Å². The van der Waals surface area contributed by atoms with E-state index in [9.17, 15) is 4.79 Å². The van der Waals surface area contributed by atoms with Crippen LogP contribution in [0.3, 0.4) is 0 Å². The van der Waals surface area contributed by atoms with Crippen LogP contribution in [-0.2, 0) is 4.79 Å². The van der Waals surface area contributed by atoms with E-state index in [0.717, 1.165) is 15.6 Å². The van der Waals surface area contributed by atoms with Gasteiger partial charge in [-0.2, -0.15) is 0 Å². The molecule has 2 heterocycles. The van der Waals surface area contributed by atoms with E-state index >= 15 is 0 Å². The Bertz CT molecular complexity index is 651. The number of anilines is 2. The van der Waals surface area contributed by atoms with Crippen molar-refractivity contribution in [2.75, 3.05) is 17.7 Å². The second kappa shape index (κ2) is 4.55. The van der Waals surface area contributed by atoms with Crippen molar-refractivity contribution in [1.29, 1.82) is 0 Å². The highest BCUT2D eigenvalue weighted by atomic mass is 32.2. The van der Waals surface area contributed by atoms with Gasteiger partial charge in [-0.25, -0.2) is 0 Å². The van der Waals surface area contributed by atoms with Gasteiger partial charge in [0.1, 0.15) is 11.5 Å². The van der Waals surface area contributed by atoms with E-state index in [1.54, 1.807) is 12.3 Å². The maximum atomic E-state index is 11.3. The van der Waals surface area contributed by atoms with Crippen molar-refractivity contribution in [2.45, 2.75) is 16.7 Å². The SMILES string of the molecule is Cc1occc1Sc1cc2c(cc1N)OCC(=O)N2. The molecule has 0 radical (unpaired) electrons. The molecular weight excluding hydrogens is 264 g/mol. The van der Waals surface area contributed by atoms with Crippen LogP contribution in [0, 0.1) is 6.92 Å². The van der Waals surface area contributed by atoms with Gasteiger partial charge in [0.2, 0.25) is 0 Å². The number of nitrogens with one attached hydrogen (secondary N) is 1. The zero-order valence-corrected chi connectivity index (χ0v) is 11.0. The fourth-order valence-electron chi connectivity index (χ4n) is 1.81. The predicted octanol–water partition coefficient (Wildman–Crippen LogP) is 2.65. The first kappa shape index (κ1) is 12.0. The third-order valence-electron chi connectivity index (χ3n) is 2.78. The van der Waals surface area contributed by atoms with Crippen LogP contribution in [0.1, 0.15) is 5.76 Å². The van der Waals surface area contributed by atoms with E-state index in [-0.39, 0.29) is 12.5 Å². The lowest BCUT2D eigenvalue weighted by atomic mass is 10.2. The smallest absolute Gasteiger partial charge is 0.262 e. The molecule has 0 saturated heterocycles. The summed E-state index contributed by atoms with van der Waals surface area (Å²) in [6.45, 7) is 1.92. The minimum atomic E-state index is -0.160. The van der Waals surface area contributed by atoms with Crippen molar-refractivity contribution in [3.8, 4) is 5.75 Å². The number of carbonyl (C=O) groups excluding carboxylic acids is 1. The summed E-state index contributed by atoms with van der Waals surface area (Å²) < 4.78 is 10.6. The van der Waals surface area contributed by atoms with Crippen LogP contribution >= 0.6 is 11.8 Å². The summed E-state index contributed by atoms with van der Waals surface area (Å²) in [6, 6.07) is 5.43. The van der Waals surface area contributed by atoms with Crippen LogP contribution in [0.4, 0.5) is 11.4 Å². The normalized spacial score (nSPS) is 13.6. The fourth-order valence-corrected chi connectivity index (χ4v) is 2.71. The van der Waals surface area contributed by atoms with Gasteiger partial charge in [0, 0.05) is 16.6 Å². The fraction of sp³-hybridized carbons (Fsp3) is 0.154. The van der Waals surface area contributed by atoms with Crippen LogP contribution in [-0.4, -0.2) is 12.5 Å². The molecule has 5 nitrogen and oxygen atoms in total. The zero-order chi connectivity index (χ0) is 13.4. The first-order valence-electron chi connectivity index (χ1n) is 5.71. The first-order chi connectivity index (χ1) is 9.13. The van der Waals surface area contributed by atoms with Crippen molar-refractivity contribution in [3.05, 3.63) is 30.2 Å². The summed E-state index contributed by atoms with van der Waals surface area (Å²) >= 11 is 1.50. The molecule has 3 rings (SSSR count). The van der Waals surface area contributed by atoms with E-state index in [1.807, 2.05) is 19.1 Å². The molecule has 1 aromatic heterocycles. The molecule has 19 heavy (non-hydrogen) atoms. The summed E-state index contributed by atoms with van der Waals surface area (Å²) in [7, 11) is 0. The number of ether oxygens (including phenoxy) is 1. The van der Waals surface area contributed by atoms with Crippen molar-refractivity contribution < 1.29 is 13.9 Å². The number of furan rings is 1. The van der Waals surface area contributed by atoms with Gasteiger partial charge < -0.3 is 20.2 Å². The molecule has 1 amide bonds. The van der Waals surface area contributed by atoms with Crippen molar-refractivity contribution >= 4 is 29.0 Å². The second-order valence-corrected chi connectivity index (χ2v) is 5.25. The van der Waals surface area contributed by atoms with Crippen LogP contribution in [0.15, 0.2) is 38.7 Å². The highest BCUT2D eigenvalue weighted by molar-refractivity contribution is 7.99. The Morgan fingerprint density at radius 1 is 1.37 bits per heavy atom. The summed E-state index contributed by atoms with van der Waals surface area (Å²) in [5, 5.41) is 2.77. The standard InChI is InChI=1S/C13H12N2O3S/c1-7-11(2-3-17-7)19-12-5-9-10(4-8(12)14)18-6-13(16)15-9/h2-5H,6,14H2,1H3,(H,15,16). The molecule has 6 heteroatoms. The lowest BCUT2D eigenvalue weighted by Crippen LogP contribution is -2.25. The number of amides is 1. The first-order valence-corrected chi connectivity index (χ1v) is 6.53. The Kier molecular flexibility index (Phi) is 2.87. The number of hydrogen-bond donors (Lipinski definition) is 2. The monoisotopic (exact) mass is 276 g/mol. The summed E-state index contributed by atoms with van der Waals surface area (Å²) in [6.07, 6.45) is 1.64. The third-order valence-corrected chi connectivity index (χ3v) is 3.99. The van der Waals surface area contributed by atoms with Crippen LogP contribution in [0.2, 0.25) is 0 Å². The Morgan fingerprint density at radius 3 is 2.95 bits per heavy atom. The molecule has 0 atom stereocenters. The van der Waals surface area contributed by atoms with Gasteiger partial charge >= 0.3 is 0 Å². The van der Waals surface area contributed by atoms with Crippen LogP contribution in [0.5, 0.6) is 5.75 Å². The highest BCUT2D eigenvalue weighted by Crippen LogP contribution is 2.40. The van der Waals surface area contributed by atoms with Gasteiger partial charge in [0.25, 0.3) is 5.91 Å². The molecular formula is C13H12N2O3S. The number of benzene rings is 1. The number of nitrogen functional groups attached to an aromatic ring is 1. The Morgan fingerprint density at radius 2 is 2.21 bits per heavy atom. The molecule has 1 aliphatic heterocycles. The van der Waals surface area contributed by atoms with E-state index in [2.05, 4.69) is 5.32 Å². The minimum Gasteiger partial charge on any atom is -0.482 e. The highest BCUT2D eigenvalue weighted by Gasteiger charge is 2.18. The summed E-state index contributed by atoms with van der Waals surface area (Å²) in [4.78, 5) is 13.2. The predicted molar refractivity (Wildman–Crippen MR) is 72.5 cm³/mol. The molecule has 2 aromatic rings. The minimum absolute atomic E-state index is 0.0275. The third kappa shape index (κ3) is 2.26. The molecule has 1 aliphatic rings. The van der Waals surface area contributed by atoms with Gasteiger partial charge in [-0.15, -0.1) is 0 Å². The Labute approximate surface area is 114 Å². The number of hydrogen-bond acceptors (Lipinski definition) is 5. The lowest BCUT2D eigenvalue weighted by molar-refractivity contribution is -0.118. The molecule has 1 aromatic carbocycles. The second-order valence-electron chi connectivity index (χ2n) is 4.17. The van der Waals surface area contributed by atoms with E-state index in [1.165, 1.54) is 11.8 Å². The van der Waals surface area contributed by atoms with Crippen molar-refractivity contribution in [3.63, 3.8) is 0 Å². The van der Waals surface area contributed by atoms with Crippen molar-refractivity contribution in [2.24, 2.45) is 0 Å². The molecule has 0 aliphatic carbocycles. The van der Waals surface area contributed by atoms with Gasteiger partial charge in [0.05, 0.1) is 16.8 Å². The van der Waals surface area contributed by atoms with Crippen LogP contribution in [0.25, 0.3) is 0 Å². The number of carbonyl (C=O) groups is 1. The lowest BCUT2D eigenvalue weighted by Gasteiger charge is -2.19. The molecule has 0 spiro atoms. The quantitative estimate of drug-likeness (QED) is 0.824. The molecule has 0 saturated carbocycles. The van der Waals surface area contributed by atoms with Gasteiger partial charge in [-0.05, 0) is 19.1 Å². The average Bonchev–Trinajstić information content (AvgIpc) is 2.77. The maximum Gasteiger partial charge on any atom is 0.262 e. The van der Waals surface area contributed by atoms with Gasteiger partial charge in [-0.1, -0.05) is 11.8 Å². The maximum absolute atomic E-state index is 11.3. The van der Waals surface area contributed by atoms with Gasteiger partial charge in [-0.3, -0.25) is 4.79 Å². The molecule has 0 unspecified atom stereocenters. The number of rotatable bonds is 2. The van der Waals surface area contributed by atoms with Gasteiger partial charge in [0.15, 0.2) is 6.61 Å². The van der Waals surface area contributed by atoms with E-state index < -0.39 is 0 Å². The zero-order valence-electron chi connectivity index (χ0n) is 10.2. The summed E-state index contributed by atoms with van der Waals surface area (Å²) in [5.41, 5.74) is 7.26. The number of aryl methyl sites for hydroxylation is 1. The molecule has 0 bridgehead atoms. The Hall–Kier alpha value is -2.08. The largest absolute Gasteiger partial charge is 0.482 e. The van der Waals surface area contributed by atoms with Crippen molar-refractivity contribution in [1.82, 2.24) is 0 Å².